The number of carbonyl (C=O) groups excluding carboxylic acids is 2. The summed E-state index contributed by atoms with van der Waals surface area (Å²) in [7, 11) is 0. The highest BCUT2D eigenvalue weighted by molar-refractivity contribution is 5.88. The molecule has 0 unspecified atom stereocenters. The molecule has 56 valence electrons. The Morgan fingerprint density at radius 1 is 1.70 bits per heavy atom. The van der Waals surface area contributed by atoms with Crippen LogP contribution in [0.5, 0.6) is 0 Å². The first-order valence-corrected chi connectivity index (χ1v) is 3.09. The summed E-state index contributed by atoms with van der Waals surface area (Å²) in [6.07, 6.45) is -0.835. The summed E-state index contributed by atoms with van der Waals surface area (Å²) < 4.78 is 4.66. The van der Waals surface area contributed by atoms with Gasteiger partial charge in [0, 0.05) is 0 Å². The molecule has 1 saturated heterocycles. The summed E-state index contributed by atoms with van der Waals surface area (Å²) in [5, 5.41) is 2.39. The van der Waals surface area contributed by atoms with E-state index >= 15 is 0 Å². The first-order valence-electron chi connectivity index (χ1n) is 3.09. The van der Waals surface area contributed by atoms with Crippen LogP contribution in [-0.4, -0.2) is 24.0 Å². The highest BCUT2D eigenvalue weighted by Crippen LogP contribution is 2.07. The van der Waals surface area contributed by atoms with Gasteiger partial charge in [-0.3, -0.25) is 4.79 Å². The minimum atomic E-state index is -0.507. The standard InChI is InChI=1S/C6H9NO3/c1-3(8)5-4(2)10-6(9)7-5/h4-5H,1-2H3,(H,7,9)/t4-,5-/m1/s1. The molecule has 0 aromatic carbocycles. The maximum absolute atomic E-state index is 10.7. The lowest BCUT2D eigenvalue weighted by molar-refractivity contribution is -0.119. The molecule has 0 spiro atoms. The molecule has 1 heterocycles. The Bertz CT molecular complexity index is 178. The molecule has 1 rings (SSSR count). The number of alkyl carbamates (subject to hydrolysis) is 1. The van der Waals surface area contributed by atoms with Crippen molar-refractivity contribution in [2.75, 3.05) is 0 Å². The number of hydrogen-bond acceptors (Lipinski definition) is 3. The van der Waals surface area contributed by atoms with Crippen molar-refractivity contribution >= 4 is 11.9 Å². The maximum Gasteiger partial charge on any atom is 0.408 e. The number of rotatable bonds is 1. The van der Waals surface area contributed by atoms with Crippen molar-refractivity contribution in [1.29, 1.82) is 0 Å². The second-order valence-electron chi connectivity index (χ2n) is 2.34. The normalized spacial score (nSPS) is 31.2. The average Bonchev–Trinajstić information content (AvgIpc) is 2.10. The lowest BCUT2D eigenvalue weighted by Crippen LogP contribution is -2.36. The quantitative estimate of drug-likeness (QED) is 0.565. The number of ether oxygens (including phenoxy) is 1. The molecule has 0 aromatic rings. The highest BCUT2D eigenvalue weighted by Gasteiger charge is 2.33. The van der Waals surface area contributed by atoms with Gasteiger partial charge in [-0.1, -0.05) is 0 Å². The van der Waals surface area contributed by atoms with E-state index in [4.69, 9.17) is 0 Å². The predicted molar refractivity (Wildman–Crippen MR) is 33.5 cm³/mol. The van der Waals surface area contributed by atoms with Crippen LogP contribution in [0, 0.1) is 0 Å². The summed E-state index contributed by atoms with van der Waals surface area (Å²) in [6, 6.07) is -0.451. The molecule has 2 atom stereocenters. The van der Waals surface area contributed by atoms with Crippen molar-refractivity contribution < 1.29 is 14.3 Å². The number of hydrogen-bond donors (Lipinski definition) is 1. The van der Waals surface area contributed by atoms with Crippen LogP contribution in [0.15, 0.2) is 0 Å². The van der Waals surface area contributed by atoms with Crippen LogP contribution in [0.25, 0.3) is 0 Å². The lowest BCUT2D eigenvalue weighted by atomic mass is 10.1. The Kier molecular flexibility index (Phi) is 1.61. The first-order chi connectivity index (χ1) is 4.61. The van der Waals surface area contributed by atoms with Gasteiger partial charge >= 0.3 is 6.09 Å². The number of amides is 1. The van der Waals surface area contributed by atoms with E-state index in [0.717, 1.165) is 0 Å². The van der Waals surface area contributed by atoms with Crippen LogP contribution in [0.1, 0.15) is 13.8 Å². The van der Waals surface area contributed by atoms with Crippen LogP contribution >= 0.6 is 0 Å². The van der Waals surface area contributed by atoms with Gasteiger partial charge in [-0.05, 0) is 13.8 Å². The predicted octanol–water partition coefficient (Wildman–Crippen LogP) is 0.0723. The summed E-state index contributed by atoms with van der Waals surface area (Å²) in [5.41, 5.74) is 0. The minimum Gasteiger partial charge on any atom is -0.444 e. The molecule has 1 N–H and O–H groups in total. The summed E-state index contributed by atoms with van der Waals surface area (Å²) >= 11 is 0. The molecule has 1 aliphatic heterocycles. The Morgan fingerprint density at radius 3 is 2.50 bits per heavy atom. The zero-order valence-corrected chi connectivity index (χ0v) is 5.88. The monoisotopic (exact) mass is 143 g/mol. The fourth-order valence-electron chi connectivity index (χ4n) is 0.947. The van der Waals surface area contributed by atoms with Gasteiger partial charge < -0.3 is 10.1 Å². The van der Waals surface area contributed by atoms with E-state index in [1.165, 1.54) is 6.92 Å². The van der Waals surface area contributed by atoms with Crippen molar-refractivity contribution in [1.82, 2.24) is 5.32 Å². The molecule has 0 saturated carbocycles. The lowest BCUT2D eigenvalue weighted by Gasteiger charge is -2.06. The number of Topliss-reactive ketones (excluding diaryl/α,β-unsaturated/α-hetero) is 1. The van der Waals surface area contributed by atoms with E-state index < -0.39 is 12.1 Å². The van der Waals surface area contributed by atoms with Gasteiger partial charge in [0.1, 0.15) is 12.1 Å². The molecular weight excluding hydrogens is 134 g/mol. The molecule has 0 radical (unpaired) electrons. The minimum absolute atomic E-state index is 0.0710. The van der Waals surface area contributed by atoms with Gasteiger partial charge in [-0.25, -0.2) is 4.79 Å². The van der Waals surface area contributed by atoms with Crippen LogP contribution in [0.3, 0.4) is 0 Å². The van der Waals surface area contributed by atoms with Crippen molar-refractivity contribution in [3.63, 3.8) is 0 Å². The van der Waals surface area contributed by atoms with Crippen molar-refractivity contribution in [2.45, 2.75) is 26.0 Å². The Balaban J connectivity index is 2.63. The van der Waals surface area contributed by atoms with Gasteiger partial charge in [-0.15, -0.1) is 0 Å². The second-order valence-corrected chi connectivity index (χ2v) is 2.34. The van der Waals surface area contributed by atoms with Gasteiger partial charge in [0.2, 0.25) is 0 Å². The zero-order valence-electron chi connectivity index (χ0n) is 5.88. The number of nitrogens with one attached hydrogen (secondary N) is 1. The third-order valence-corrected chi connectivity index (χ3v) is 1.47. The third kappa shape index (κ3) is 1.10. The fourth-order valence-corrected chi connectivity index (χ4v) is 0.947. The number of cyclic esters (lactones) is 1. The molecule has 1 fully saturated rings. The summed E-state index contributed by atoms with van der Waals surface area (Å²) in [6.45, 7) is 3.11. The molecular formula is C6H9NO3. The van der Waals surface area contributed by atoms with Gasteiger partial charge in [-0.2, -0.15) is 0 Å². The Labute approximate surface area is 58.5 Å². The highest BCUT2D eigenvalue weighted by atomic mass is 16.6. The fraction of sp³-hybridized carbons (Fsp3) is 0.667. The number of ketones is 1. The molecule has 0 aromatic heterocycles. The van der Waals surface area contributed by atoms with Crippen molar-refractivity contribution in [3.05, 3.63) is 0 Å². The molecule has 10 heavy (non-hydrogen) atoms. The molecule has 4 heteroatoms. The molecule has 1 amide bonds. The van der Waals surface area contributed by atoms with E-state index in [0.29, 0.717) is 0 Å². The summed E-state index contributed by atoms with van der Waals surface area (Å²) in [5.74, 6) is -0.0710. The topological polar surface area (TPSA) is 55.4 Å². The van der Waals surface area contributed by atoms with Crippen LogP contribution in [0.2, 0.25) is 0 Å². The van der Waals surface area contributed by atoms with Crippen LogP contribution in [-0.2, 0) is 9.53 Å². The largest absolute Gasteiger partial charge is 0.444 e. The summed E-state index contributed by atoms with van der Waals surface area (Å²) in [4.78, 5) is 21.2. The Morgan fingerprint density at radius 2 is 2.30 bits per heavy atom. The van der Waals surface area contributed by atoms with E-state index in [9.17, 15) is 9.59 Å². The van der Waals surface area contributed by atoms with E-state index in [1.54, 1.807) is 6.92 Å². The van der Waals surface area contributed by atoms with Crippen LogP contribution < -0.4 is 5.32 Å². The smallest absolute Gasteiger partial charge is 0.408 e. The van der Waals surface area contributed by atoms with Gasteiger partial charge in [0.05, 0.1) is 0 Å². The number of carbonyl (C=O) groups is 2. The second kappa shape index (κ2) is 2.28. The van der Waals surface area contributed by atoms with Crippen molar-refractivity contribution in [3.8, 4) is 0 Å². The molecule has 4 nitrogen and oxygen atoms in total. The SMILES string of the molecule is CC(=O)[C@H]1NC(=O)O[C@@H]1C. The van der Waals surface area contributed by atoms with E-state index in [2.05, 4.69) is 10.1 Å². The molecule has 1 aliphatic rings. The zero-order chi connectivity index (χ0) is 7.72. The average molecular weight is 143 g/mol. The molecule has 0 aliphatic carbocycles. The first kappa shape index (κ1) is 7.05. The van der Waals surface area contributed by atoms with Crippen molar-refractivity contribution in [2.24, 2.45) is 0 Å². The van der Waals surface area contributed by atoms with E-state index in [-0.39, 0.29) is 11.9 Å². The third-order valence-electron chi connectivity index (χ3n) is 1.47. The Hall–Kier alpha value is -1.06. The van der Waals surface area contributed by atoms with Gasteiger partial charge in [0.25, 0.3) is 0 Å². The van der Waals surface area contributed by atoms with E-state index in [1.807, 2.05) is 0 Å². The molecule has 0 bridgehead atoms. The van der Waals surface area contributed by atoms with Crippen LogP contribution in [0.4, 0.5) is 4.79 Å². The van der Waals surface area contributed by atoms with Gasteiger partial charge in [0.15, 0.2) is 5.78 Å². The maximum atomic E-state index is 10.7.